The Morgan fingerprint density at radius 3 is 2.35 bits per heavy atom. The third-order valence-electron chi connectivity index (χ3n) is 4.59. The SMILES string of the molecule is Cl.N#Cc1ccc(S(=O)(=O)C2CCN(CCc3ccc(Cl)s3)CC2)cc1. The largest absolute Gasteiger partial charge is 0.303 e. The average Bonchev–Trinajstić information content (AvgIpc) is 3.06. The van der Waals surface area contributed by atoms with Crippen LogP contribution in [0.25, 0.3) is 0 Å². The molecule has 2 aromatic rings. The first-order valence-corrected chi connectivity index (χ1v) is 10.9. The predicted molar refractivity (Wildman–Crippen MR) is 108 cm³/mol. The summed E-state index contributed by atoms with van der Waals surface area (Å²) in [7, 11) is -3.33. The Balaban J connectivity index is 0.00000243. The van der Waals surface area contributed by atoms with Crippen LogP contribution in [0.15, 0.2) is 41.3 Å². The molecule has 0 spiro atoms. The van der Waals surface area contributed by atoms with Crippen molar-refractivity contribution in [3.05, 3.63) is 51.2 Å². The number of sulfone groups is 1. The molecule has 1 aromatic heterocycles. The molecule has 1 aliphatic heterocycles. The van der Waals surface area contributed by atoms with Gasteiger partial charge in [-0.3, -0.25) is 0 Å². The number of nitriles is 1. The van der Waals surface area contributed by atoms with E-state index in [1.807, 2.05) is 12.1 Å². The topological polar surface area (TPSA) is 61.2 Å². The minimum atomic E-state index is -3.33. The summed E-state index contributed by atoms with van der Waals surface area (Å²) in [4.78, 5) is 3.90. The van der Waals surface area contributed by atoms with E-state index in [-0.39, 0.29) is 17.7 Å². The maximum absolute atomic E-state index is 12.8. The number of hydrogen-bond donors (Lipinski definition) is 0. The summed E-state index contributed by atoms with van der Waals surface area (Å²) >= 11 is 7.55. The zero-order valence-corrected chi connectivity index (χ0v) is 17.3. The zero-order valence-electron chi connectivity index (χ0n) is 14.1. The van der Waals surface area contributed by atoms with E-state index in [0.29, 0.717) is 23.3 Å². The van der Waals surface area contributed by atoms with Crippen LogP contribution >= 0.6 is 35.3 Å². The van der Waals surface area contributed by atoms with Crippen molar-refractivity contribution in [2.24, 2.45) is 0 Å². The average molecular weight is 431 g/mol. The molecule has 26 heavy (non-hydrogen) atoms. The number of nitrogens with zero attached hydrogens (tertiary/aromatic N) is 2. The molecule has 0 aliphatic carbocycles. The Labute approximate surface area is 169 Å². The molecule has 0 atom stereocenters. The second-order valence-electron chi connectivity index (χ2n) is 6.18. The van der Waals surface area contributed by atoms with Crippen molar-refractivity contribution in [2.75, 3.05) is 19.6 Å². The van der Waals surface area contributed by atoms with Crippen LogP contribution in [0.2, 0.25) is 4.34 Å². The molecular formula is C18H20Cl2N2O2S2. The van der Waals surface area contributed by atoms with Crippen LogP contribution in [0.3, 0.4) is 0 Å². The summed E-state index contributed by atoms with van der Waals surface area (Å²) < 4.78 is 26.3. The molecule has 2 heterocycles. The van der Waals surface area contributed by atoms with Crippen LogP contribution < -0.4 is 0 Å². The van der Waals surface area contributed by atoms with Crippen molar-refractivity contribution in [2.45, 2.75) is 29.4 Å². The van der Waals surface area contributed by atoms with Crippen molar-refractivity contribution >= 4 is 45.2 Å². The fourth-order valence-electron chi connectivity index (χ4n) is 3.11. The number of rotatable bonds is 5. The minimum Gasteiger partial charge on any atom is -0.303 e. The fraction of sp³-hybridized carbons (Fsp3) is 0.389. The van der Waals surface area contributed by atoms with Gasteiger partial charge in [-0.15, -0.1) is 23.7 Å². The van der Waals surface area contributed by atoms with Gasteiger partial charge in [-0.1, -0.05) is 11.6 Å². The van der Waals surface area contributed by atoms with Gasteiger partial charge in [0.2, 0.25) is 0 Å². The smallest absolute Gasteiger partial charge is 0.181 e. The fourth-order valence-corrected chi connectivity index (χ4v) is 5.92. The highest BCUT2D eigenvalue weighted by Crippen LogP contribution is 2.26. The lowest BCUT2D eigenvalue weighted by molar-refractivity contribution is 0.233. The zero-order chi connectivity index (χ0) is 17.9. The Morgan fingerprint density at radius 1 is 1.15 bits per heavy atom. The van der Waals surface area contributed by atoms with E-state index in [0.717, 1.165) is 30.4 Å². The second-order valence-corrected chi connectivity index (χ2v) is 10.2. The Hall–Kier alpha value is -1.10. The van der Waals surface area contributed by atoms with Crippen LogP contribution in [0.5, 0.6) is 0 Å². The van der Waals surface area contributed by atoms with E-state index in [1.54, 1.807) is 35.6 Å². The molecule has 4 nitrogen and oxygen atoms in total. The van der Waals surface area contributed by atoms with Gasteiger partial charge in [0.25, 0.3) is 0 Å². The molecular weight excluding hydrogens is 411 g/mol. The molecule has 0 amide bonds. The van der Waals surface area contributed by atoms with E-state index in [4.69, 9.17) is 16.9 Å². The molecule has 3 rings (SSSR count). The van der Waals surface area contributed by atoms with Gasteiger partial charge in [0.1, 0.15) is 0 Å². The van der Waals surface area contributed by atoms with Crippen LogP contribution in [-0.2, 0) is 16.3 Å². The summed E-state index contributed by atoms with van der Waals surface area (Å²) in [6.07, 6.45) is 2.24. The van der Waals surface area contributed by atoms with Crippen molar-refractivity contribution in [1.82, 2.24) is 4.90 Å². The highest BCUT2D eigenvalue weighted by molar-refractivity contribution is 7.92. The maximum atomic E-state index is 12.8. The van der Waals surface area contributed by atoms with Crippen molar-refractivity contribution in [3.8, 4) is 6.07 Å². The lowest BCUT2D eigenvalue weighted by Gasteiger charge is -2.31. The molecule has 0 bridgehead atoms. The first-order chi connectivity index (χ1) is 12.0. The van der Waals surface area contributed by atoms with Gasteiger partial charge in [-0.05, 0) is 68.8 Å². The van der Waals surface area contributed by atoms with Gasteiger partial charge in [0.15, 0.2) is 9.84 Å². The van der Waals surface area contributed by atoms with Crippen molar-refractivity contribution < 1.29 is 8.42 Å². The third kappa shape index (κ3) is 4.99. The van der Waals surface area contributed by atoms with E-state index in [1.165, 1.54) is 4.88 Å². The number of benzene rings is 1. The van der Waals surface area contributed by atoms with Crippen LogP contribution in [0, 0.1) is 11.3 Å². The molecule has 1 saturated heterocycles. The normalized spacial score (nSPS) is 16.0. The summed E-state index contributed by atoms with van der Waals surface area (Å²) in [5.74, 6) is 0. The Bertz CT molecular complexity index is 865. The molecule has 0 saturated carbocycles. The van der Waals surface area contributed by atoms with Gasteiger partial charge in [0, 0.05) is 11.4 Å². The number of thiophene rings is 1. The number of halogens is 2. The van der Waals surface area contributed by atoms with Crippen molar-refractivity contribution in [3.63, 3.8) is 0 Å². The molecule has 8 heteroatoms. The summed E-state index contributed by atoms with van der Waals surface area (Å²) in [5.41, 5.74) is 0.474. The van der Waals surface area contributed by atoms with Gasteiger partial charge >= 0.3 is 0 Å². The van der Waals surface area contributed by atoms with Gasteiger partial charge in [0.05, 0.1) is 26.1 Å². The highest BCUT2D eigenvalue weighted by atomic mass is 35.5. The van der Waals surface area contributed by atoms with E-state index >= 15 is 0 Å². The molecule has 0 radical (unpaired) electrons. The lowest BCUT2D eigenvalue weighted by Crippen LogP contribution is -2.40. The maximum Gasteiger partial charge on any atom is 0.181 e. The van der Waals surface area contributed by atoms with E-state index < -0.39 is 9.84 Å². The molecule has 0 N–H and O–H groups in total. The van der Waals surface area contributed by atoms with E-state index in [2.05, 4.69) is 11.0 Å². The van der Waals surface area contributed by atoms with Crippen LogP contribution in [0.4, 0.5) is 0 Å². The Morgan fingerprint density at radius 2 is 1.81 bits per heavy atom. The standard InChI is InChI=1S/C18H19ClN2O2S2.ClH/c19-18-6-3-15(24-18)7-10-21-11-8-17(9-12-21)25(22,23)16-4-1-14(13-20)2-5-16;/h1-6,17H,7-12H2;1H. The summed E-state index contributed by atoms with van der Waals surface area (Å²) in [6.45, 7) is 2.51. The monoisotopic (exact) mass is 430 g/mol. The number of likely N-dealkylation sites (tertiary alicyclic amines) is 1. The van der Waals surface area contributed by atoms with Gasteiger partial charge in [-0.2, -0.15) is 5.26 Å². The molecule has 1 fully saturated rings. The van der Waals surface area contributed by atoms with Gasteiger partial charge in [-0.25, -0.2) is 8.42 Å². The quantitative estimate of drug-likeness (QED) is 0.713. The number of piperidine rings is 1. The lowest BCUT2D eigenvalue weighted by atomic mass is 10.1. The molecule has 1 aromatic carbocycles. The summed E-state index contributed by atoms with van der Waals surface area (Å²) in [6, 6.07) is 12.2. The Kier molecular flexibility index (Phi) is 7.51. The van der Waals surface area contributed by atoms with Gasteiger partial charge < -0.3 is 4.90 Å². The number of hydrogen-bond acceptors (Lipinski definition) is 5. The highest BCUT2D eigenvalue weighted by Gasteiger charge is 2.31. The second kappa shape index (κ2) is 9.20. The predicted octanol–water partition coefficient (Wildman–Crippen LogP) is 4.18. The minimum absolute atomic E-state index is 0. The molecule has 1 aliphatic rings. The third-order valence-corrected chi connectivity index (χ3v) is 8.16. The van der Waals surface area contributed by atoms with Crippen LogP contribution in [-0.4, -0.2) is 38.2 Å². The van der Waals surface area contributed by atoms with E-state index in [9.17, 15) is 8.42 Å². The first-order valence-electron chi connectivity index (χ1n) is 8.19. The molecule has 140 valence electrons. The molecule has 0 unspecified atom stereocenters. The van der Waals surface area contributed by atoms with Crippen LogP contribution in [0.1, 0.15) is 23.3 Å². The first kappa shape index (κ1) is 21.2. The summed E-state index contributed by atoms with van der Waals surface area (Å²) in [5, 5.41) is 8.49. The van der Waals surface area contributed by atoms with Crippen molar-refractivity contribution in [1.29, 1.82) is 5.26 Å².